The van der Waals surface area contributed by atoms with Crippen molar-refractivity contribution in [2.75, 3.05) is 14.2 Å². The van der Waals surface area contributed by atoms with Crippen LogP contribution in [0.5, 0.6) is 0 Å². The lowest BCUT2D eigenvalue weighted by Crippen LogP contribution is -2.17. The first-order valence-electron chi connectivity index (χ1n) is 4.44. The molecule has 0 rings (SSSR count). The summed E-state index contributed by atoms with van der Waals surface area (Å²) in [7, 11) is 2.48. The lowest BCUT2D eigenvalue weighted by atomic mass is 10.1. The molecule has 0 unspecified atom stereocenters. The third kappa shape index (κ3) is 3.20. The molecule has 0 aliphatic carbocycles. The van der Waals surface area contributed by atoms with Gasteiger partial charge in [-0.1, -0.05) is 18.9 Å². The van der Waals surface area contributed by atoms with Crippen molar-refractivity contribution in [3.8, 4) is 0 Å². The maximum Gasteiger partial charge on any atom is 0.345 e. The normalized spacial score (nSPS) is 9.14. The summed E-state index contributed by atoms with van der Waals surface area (Å²) in [5.41, 5.74) is 0.711. The second kappa shape index (κ2) is 6.18. The summed E-state index contributed by atoms with van der Waals surface area (Å²) in [4.78, 5) is 22.5. The van der Waals surface area contributed by atoms with Gasteiger partial charge in [-0.3, -0.25) is 0 Å². The van der Waals surface area contributed by atoms with E-state index < -0.39 is 11.9 Å². The second-order valence-electron chi connectivity index (χ2n) is 2.89. The Morgan fingerprint density at radius 1 is 1.07 bits per heavy atom. The average Bonchev–Trinajstić information content (AvgIpc) is 2.17. The number of carbonyl (C=O) groups is 2. The van der Waals surface area contributed by atoms with Gasteiger partial charge in [-0.25, -0.2) is 9.59 Å². The van der Waals surface area contributed by atoms with Crippen LogP contribution in [0.4, 0.5) is 0 Å². The highest BCUT2D eigenvalue weighted by Gasteiger charge is 2.22. The Morgan fingerprint density at radius 3 is 1.79 bits per heavy atom. The number of carbonyl (C=O) groups excluding carboxylic acids is 2. The van der Waals surface area contributed by atoms with E-state index in [-0.39, 0.29) is 5.57 Å². The van der Waals surface area contributed by atoms with Crippen LogP contribution in [0.1, 0.15) is 26.7 Å². The van der Waals surface area contributed by atoms with Crippen LogP contribution < -0.4 is 0 Å². The lowest BCUT2D eigenvalue weighted by Gasteiger charge is -2.07. The van der Waals surface area contributed by atoms with Crippen molar-refractivity contribution in [3.05, 3.63) is 11.1 Å². The van der Waals surface area contributed by atoms with Crippen molar-refractivity contribution < 1.29 is 19.1 Å². The molecule has 4 nitrogen and oxygen atoms in total. The van der Waals surface area contributed by atoms with Crippen molar-refractivity contribution in [1.82, 2.24) is 0 Å². The molecule has 0 amide bonds. The molecule has 0 spiro atoms. The molecule has 0 bridgehead atoms. The number of methoxy groups -OCH3 is 2. The van der Waals surface area contributed by atoms with Crippen molar-refractivity contribution in [2.24, 2.45) is 0 Å². The molecular weight excluding hydrogens is 184 g/mol. The van der Waals surface area contributed by atoms with E-state index in [4.69, 9.17) is 0 Å². The SMILES string of the molecule is CCCC(C)=C(C(=O)OC)C(=O)OC. The average molecular weight is 200 g/mol. The van der Waals surface area contributed by atoms with Crippen molar-refractivity contribution in [1.29, 1.82) is 0 Å². The number of ether oxygens (including phenoxy) is 2. The Balaban J connectivity index is 4.97. The van der Waals surface area contributed by atoms with Gasteiger partial charge in [-0.05, 0) is 13.3 Å². The minimum Gasteiger partial charge on any atom is -0.465 e. The first-order valence-corrected chi connectivity index (χ1v) is 4.44. The summed E-state index contributed by atoms with van der Waals surface area (Å²) in [5.74, 6) is -1.27. The first kappa shape index (κ1) is 12.7. The molecule has 0 N–H and O–H groups in total. The van der Waals surface area contributed by atoms with Gasteiger partial charge in [-0.2, -0.15) is 0 Å². The van der Waals surface area contributed by atoms with Gasteiger partial charge in [0.05, 0.1) is 14.2 Å². The predicted octanol–water partition coefficient (Wildman–Crippen LogP) is 1.45. The van der Waals surface area contributed by atoms with Crippen LogP contribution in [-0.4, -0.2) is 26.2 Å². The molecule has 4 heteroatoms. The Kier molecular flexibility index (Phi) is 5.60. The molecule has 80 valence electrons. The minimum absolute atomic E-state index is 0.0110. The van der Waals surface area contributed by atoms with Crippen LogP contribution in [-0.2, 0) is 19.1 Å². The van der Waals surface area contributed by atoms with E-state index in [2.05, 4.69) is 9.47 Å². The zero-order chi connectivity index (χ0) is 11.1. The minimum atomic E-state index is -0.636. The predicted molar refractivity (Wildman–Crippen MR) is 51.6 cm³/mol. The molecule has 0 fully saturated rings. The Hall–Kier alpha value is -1.32. The fourth-order valence-electron chi connectivity index (χ4n) is 1.14. The summed E-state index contributed by atoms with van der Waals surface area (Å²) in [6.45, 7) is 3.70. The smallest absolute Gasteiger partial charge is 0.345 e. The van der Waals surface area contributed by atoms with Gasteiger partial charge < -0.3 is 9.47 Å². The van der Waals surface area contributed by atoms with Gasteiger partial charge in [0.2, 0.25) is 0 Å². The van der Waals surface area contributed by atoms with Gasteiger partial charge in [-0.15, -0.1) is 0 Å². The topological polar surface area (TPSA) is 52.6 Å². The van der Waals surface area contributed by atoms with E-state index in [1.54, 1.807) is 6.92 Å². The number of hydrogen-bond acceptors (Lipinski definition) is 4. The van der Waals surface area contributed by atoms with Gasteiger partial charge in [0.1, 0.15) is 5.57 Å². The molecule has 0 aliphatic heterocycles. The van der Waals surface area contributed by atoms with E-state index in [9.17, 15) is 9.59 Å². The Labute approximate surface area is 83.9 Å². The molecule has 0 heterocycles. The van der Waals surface area contributed by atoms with Crippen LogP contribution in [0.3, 0.4) is 0 Å². The van der Waals surface area contributed by atoms with Gasteiger partial charge in [0, 0.05) is 0 Å². The van der Waals surface area contributed by atoms with E-state index in [0.29, 0.717) is 12.0 Å². The molecule has 0 aromatic rings. The van der Waals surface area contributed by atoms with Crippen LogP contribution in [0.25, 0.3) is 0 Å². The summed E-state index contributed by atoms with van der Waals surface area (Å²) >= 11 is 0. The lowest BCUT2D eigenvalue weighted by molar-refractivity contribution is -0.144. The maximum atomic E-state index is 11.2. The van der Waals surface area contributed by atoms with Crippen LogP contribution in [0.15, 0.2) is 11.1 Å². The number of hydrogen-bond donors (Lipinski definition) is 0. The zero-order valence-electron chi connectivity index (χ0n) is 9.05. The monoisotopic (exact) mass is 200 g/mol. The van der Waals surface area contributed by atoms with Crippen LogP contribution >= 0.6 is 0 Å². The Bertz CT molecular complexity index is 235. The number of rotatable bonds is 4. The van der Waals surface area contributed by atoms with E-state index in [0.717, 1.165) is 6.42 Å². The molecule has 0 saturated heterocycles. The van der Waals surface area contributed by atoms with Crippen molar-refractivity contribution in [2.45, 2.75) is 26.7 Å². The van der Waals surface area contributed by atoms with Crippen molar-refractivity contribution in [3.63, 3.8) is 0 Å². The third-order valence-electron chi connectivity index (χ3n) is 1.83. The summed E-state index contributed by atoms with van der Waals surface area (Å²) in [6.07, 6.45) is 1.54. The number of esters is 2. The molecule has 0 aromatic carbocycles. The van der Waals surface area contributed by atoms with Crippen LogP contribution in [0, 0.1) is 0 Å². The second-order valence-corrected chi connectivity index (χ2v) is 2.89. The quantitative estimate of drug-likeness (QED) is 0.298. The van der Waals surface area contributed by atoms with Gasteiger partial charge in [0.25, 0.3) is 0 Å². The van der Waals surface area contributed by atoms with Crippen molar-refractivity contribution >= 4 is 11.9 Å². The number of allylic oxidation sites excluding steroid dienone is 1. The van der Waals surface area contributed by atoms with E-state index >= 15 is 0 Å². The summed E-state index contributed by atoms with van der Waals surface area (Å²) < 4.78 is 9.01. The molecule has 14 heavy (non-hydrogen) atoms. The van der Waals surface area contributed by atoms with Gasteiger partial charge in [0.15, 0.2) is 0 Å². The molecule has 0 radical (unpaired) electrons. The molecule has 0 saturated carbocycles. The third-order valence-corrected chi connectivity index (χ3v) is 1.83. The molecule has 0 aliphatic rings. The zero-order valence-corrected chi connectivity index (χ0v) is 9.05. The first-order chi connectivity index (χ1) is 6.58. The highest BCUT2D eigenvalue weighted by molar-refractivity contribution is 6.14. The highest BCUT2D eigenvalue weighted by atomic mass is 16.5. The molecular formula is C10H16O4. The van der Waals surface area contributed by atoms with Gasteiger partial charge >= 0.3 is 11.9 Å². The summed E-state index contributed by atoms with van der Waals surface area (Å²) in [6, 6.07) is 0. The Morgan fingerprint density at radius 2 is 1.50 bits per heavy atom. The van der Waals surface area contributed by atoms with E-state index in [1.807, 2.05) is 6.92 Å². The van der Waals surface area contributed by atoms with Crippen LogP contribution in [0.2, 0.25) is 0 Å². The maximum absolute atomic E-state index is 11.2. The molecule has 0 aromatic heterocycles. The fourth-order valence-corrected chi connectivity index (χ4v) is 1.14. The largest absolute Gasteiger partial charge is 0.465 e. The standard InChI is InChI=1S/C10H16O4/c1-5-6-7(2)8(9(11)13-3)10(12)14-4/h5-6H2,1-4H3. The fraction of sp³-hybridized carbons (Fsp3) is 0.600. The van der Waals surface area contributed by atoms with E-state index in [1.165, 1.54) is 14.2 Å². The highest BCUT2D eigenvalue weighted by Crippen LogP contribution is 2.13. The molecule has 0 atom stereocenters. The summed E-state index contributed by atoms with van der Waals surface area (Å²) in [5, 5.41) is 0.